The van der Waals surface area contributed by atoms with Gasteiger partial charge in [-0.2, -0.15) is 5.10 Å². The molecule has 0 saturated heterocycles. The van der Waals surface area contributed by atoms with Crippen LogP contribution in [-0.2, 0) is 13.5 Å². The maximum atomic E-state index is 4.56. The average Bonchev–Trinajstić information content (AvgIpc) is 3.23. The molecule has 0 unspecified atom stereocenters. The Morgan fingerprint density at radius 2 is 2.00 bits per heavy atom. The Kier molecular flexibility index (Phi) is 4.23. The molecule has 0 aliphatic heterocycles. The molecule has 2 aliphatic rings. The van der Waals surface area contributed by atoms with Crippen molar-refractivity contribution in [2.75, 3.05) is 6.54 Å². The molecule has 2 fully saturated rings. The number of nitrogens with zero attached hydrogens (tertiary/aromatic N) is 2. The van der Waals surface area contributed by atoms with Gasteiger partial charge in [0, 0.05) is 19.6 Å². The van der Waals surface area contributed by atoms with E-state index in [1.54, 1.807) is 0 Å². The zero-order valence-electron chi connectivity index (χ0n) is 12.7. The summed E-state index contributed by atoms with van der Waals surface area (Å²) in [7, 11) is 2.08. The summed E-state index contributed by atoms with van der Waals surface area (Å²) in [6.45, 7) is 3.28. The number of rotatable bonds is 5. The fourth-order valence-electron chi connectivity index (χ4n) is 3.59. The molecule has 0 radical (unpaired) electrons. The van der Waals surface area contributed by atoms with Crippen molar-refractivity contribution in [2.45, 2.75) is 64.3 Å². The molecule has 0 spiro atoms. The molecule has 3 rings (SSSR count). The van der Waals surface area contributed by atoms with Crippen LogP contribution in [0.4, 0.5) is 0 Å². The molecule has 1 heterocycles. The van der Waals surface area contributed by atoms with Crippen molar-refractivity contribution in [3.63, 3.8) is 0 Å². The lowest BCUT2D eigenvalue weighted by Crippen LogP contribution is -2.39. The molecule has 2 saturated carbocycles. The van der Waals surface area contributed by atoms with Gasteiger partial charge < -0.3 is 5.32 Å². The van der Waals surface area contributed by atoms with Gasteiger partial charge in [-0.25, -0.2) is 0 Å². The quantitative estimate of drug-likeness (QED) is 0.885. The van der Waals surface area contributed by atoms with E-state index in [0.717, 1.165) is 18.2 Å². The molecule has 4 heteroatoms. The van der Waals surface area contributed by atoms with Crippen molar-refractivity contribution >= 4 is 15.9 Å². The number of nitrogens with one attached hydrogen (secondary N) is 1. The highest BCUT2D eigenvalue weighted by Crippen LogP contribution is 2.41. The molecule has 1 aromatic heterocycles. The van der Waals surface area contributed by atoms with E-state index in [0.29, 0.717) is 5.41 Å². The van der Waals surface area contributed by atoms with Gasteiger partial charge in [-0.15, -0.1) is 0 Å². The van der Waals surface area contributed by atoms with Crippen molar-refractivity contribution in [2.24, 2.45) is 12.5 Å². The number of halogens is 1. The molecule has 1 aromatic rings. The van der Waals surface area contributed by atoms with Gasteiger partial charge in [0.2, 0.25) is 0 Å². The lowest BCUT2D eigenvalue weighted by Gasteiger charge is -2.38. The Morgan fingerprint density at radius 3 is 2.55 bits per heavy atom. The van der Waals surface area contributed by atoms with E-state index in [-0.39, 0.29) is 0 Å². The molecular formula is C16H26BrN3. The summed E-state index contributed by atoms with van der Waals surface area (Å²) in [6.07, 6.45) is 10.8. The van der Waals surface area contributed by atoms with Crippen molar-refractivity contribution in [3.05, 3.63) is 15.9 Å². The third-order valence-electron chi connectivity index (χ3n) is 5.06. The Morgan fingerprint density at radius 1 is 1.30 bits per heavy atom. The maximum Gasteiger partial charge on any atom is 0.0738 e. The first-order valence-electron chi connectivity index (χ1n) is 8.01. The van der Waals surface area contributed by atoms with Gasteiger partial charge in [0.25, 0.3) is 0 Å². The van der Waals surface area contributed by atoms with Crippen LogP contribution >= 0.6 is 15.9 Å². The van der Waals surface area contributed by atoms with Gasteiger partial charge in [-0.3, -0.25) is 4.68 Å². The minimum absolute atomic E-state index is 0.448. The van der Waals surface area contributed by atoms with Crippen molar-refractivity contribution < 1.29 is 0 Å². The molecule has 0 bridgehead atoms. The highest BCUT2D eigenvalue weighted by atomic mass is 79.9. The second-order valence-electron chi connectivity index (χ2n) is 6.86. The summed E-state index contributed by atoms with van der Waals surface area (Å²) >= 11 is 3.74. The molecule has 1 N–H and O–H groups in total. The summed E-state index contributed by atoms with van der Waals surface area (Å²) in [6, 6.07) is 0.811. The molecule has 0 aromatic carbocycles. The maximum absolute atomic E-state index is 4.56. The van der Waals surface area contributed by atoms with Crippen molar-refractivity contribution in [3.8, 4) is 0 Å². The number of hydrogen-bond donors (Lipinski definition) is 1. The van der Waals surface area contributed by atoms with E-state index in [4.69, 9.17) is 0 Å². The minimum Gasteiger partial charge on any atom is -0.313 e. The number of aryl methyl sites for hydroxylation is 2. The van der Waals surface area contributed by atoms with Crippen LogP contribution < -0.4 is 5.32 Å². The van der Waals surface area contributed by atoms with Crippen LogP contribution in [-0.4, -0.2) is 22.4 Å². The van der Waals surface area contributed by atoms with Crippen LogP contribution in [0.5, 0.6) is 0 Å². The van der Waals surface area contributed by atoms with Crippen molar-refractivity contribution in [1.29, 1.82) is 0 Å². The predicted molar refractivity (Wildman–Crippen MR) is 85.9 cm³/mol. The molecule has 0 atom stereocenters. The van der Waals surface area contributed by atoms with Gasteiger partial charge >= 0.3 is 0 Å². The van der Waals surface area contributed by atoms with Crippen LogP contribution in [0.2, 0.25) is 0 Å². The monoisotopic (exact) mass is 339 g/mol. The second-order valence-corrected chi connectivity index (χ2v) is 7.66. The van der Waals surface area contributed by atoms with Crippen LogP contribution in [0.1, 0.15) is 56.3 Å². The standard InChI is InChI=1S/C16H26BrN3/c1-12-15(17)14(20(2)19-12)10-16(8-4-3-5-9-16)11-18-13-6-7-13/h13,18H,3-11H2,1-2H3. The van der Waals surface area contributed by atoms with E-state index < -0.39 is 0 Å². The molecule has 112 valence electrons. The van der Waals surface area contributed by atoms with E-state index in [1.807, 2.05) is 0 Å². The molecule has 20 heavy (non-hydrogen) atoms. The molecule has 3 nitrogen and oxygen atoms in total. The van der Waals surface area contributed by atoms with E-state index >= 15 is 0 Å². The largest absolute Gasteiger partial charge is 0.313 e. The lowest BCUT2D eigenvalue weighted by molar-refractivity contribution is 0.176. The van der Waals surface area contributed by atoms with Gasteiger partial charge in [-0.05, 0) is 60.4 Å². The molecule has 2 aliphatic carbocycles. The normalized spacial score (nSPS) is 22.1. The van der Waals surface area contributed by atoms with Crippen LogP contribution in [0.15, 0.2) is 4.47 Å². The van der Waals surface area contributed by atoms with Crippen molar-refractivity contribution in [1.82, 2.24) is 15.1 Å². The van der Waals surface area contributed by atoms with Crippen LogP contribution in [0.3, 0.4) is 0 Å². The highest BCUT2D eigenvalue weighted by Gasteiger charge is 2.35. The third-order valence-corrected chi connectivity index (χ3v) is 6.09. The Labute approximate surface area is 130 Å². The fourth-order valence-corrected chi connectivity index (χ4v) is 4.07. The summed E-state index contributed by atoms with van der Waals surface area (Å²) in [5.41, 5.74) is 2.94. The van der Waals surface area contributed by atoms with E-state index in [2.05, 4.69) is 45.0 Å². The van der Waals surface area contributed by atoms with Crippen LogP contribution in [0.25, 0.3) is 0 Å². The second kappa shape index (κ2) is 5.80. The lowest BCUT2D eigenvalue weighted by atomic mass is 9.71. The first-order chi connectivity index (χ1) is 9.60. The average molecular weight is 340 g/mol. The van der Waals surface area contributed by atoms with Gasteiger partial charge in [0.05, 0.1) is 15.9 Å². The third kappa shape index (κ3) is 3.11. The molecular weight excluding hydrogens is 314 g/mol. The zero-order valence-corrected chi connectivity index (χ0v) is 14.3. The Bertz CT molecular complexity index is 470. The smallest absolute Gasteiger partial charge is 0.0738 e. The van der Waals surface area contributed by atoms with Crippen LogP contribution in [0, 0.1) is 12.3 Å². The molecule has 0 amide bonds. The Hall–Kier alpha value is -0.350. The minimum atomic E-state index is 0.448. The first kappa shape index (κ1) is 14.6. The van der Waals surface area contributed by atoms with E-state index in [1.165, 1.54) is 61.7 Å². The number of hydrogen-bond acceptors (Lipinski definition) is 2. The fraction of sp³-hybridized carbons (Fsp3) is 0.812. The van der Waals surface area contributed by atoms with Gasteiger partial charge in [0.15, 0.2) is 0 Å². The Balaban J connectivity index is 1.77. The SMILES string of the molecule is Cc1nn(C)c(CC2(CNC3CC3)CCCCC2)c1Br. The van der Waals surface area contributed by atoms with Gasteiger partial charge in [-0.1, -0.05) is 19.3 Å². The summed E-state index contributed by atoms with van der Waals surface area (Å²) in [4.78, 5) is 0. The summed E-state index contributed by atoms with van der Waals surface area (Å²) in [5.74, 6) is 0. The number of aromatic nitrogens is 2. The summed E-state index contributed by atoms with van der Waals surface area (Å²) in [5, 5.41) is 8.35. The zero-order chi connectivity index (χ0) is 14.2. The summed E-state index contributed by atoms with van der Waals surface area (Å²) < 4.78 is 3.30. The van der Waals surface area contributed by atoms with Gasteiger partial charge in [0.1, 0.15) is 0 Å². The first-order valence-corrected chi connectivity index (χ1v) is 8.80. The highest BCUT2D eigenvalue weighted by molar-refractivity contribution is 9.10. The van der Waals surface area contributed by atoms with E-state index in [9.17, 15) is 0 Å². The topological polar surface area (TPSA) is 29.9 Å². The predicted octanol–water partition coefficient (Wildman–Crippen LogP) is 3.74.